The number of nitro groups is 1. The van der Waals surface area contributed by atoms with Crippen molar-refractivity contribution in [3.63, 3.8) is 0 Å². The van der Waals surface area contributed by atoms with E-state index in [0.717, 1.165) is 30.6 Å². The zero-order valence-electron chi connectivity index (χ0n) is 34.4. The lowest BCUT2D eigenvalue weighted by atomic mass is 9.65. The van der Waals surface area contributed by atoms with Gasteiger partial charge < -0.3 is 24.8 Å². The van der Waals surface area contributed by atoms with E-state index in [2.05, 4.69) is 11.8 Å². The molecule has 324 valence electrons. The SMILES string of the molecule is O=C1O[C@H](c2ccccc2)[C@H](c2ccccc2)N2[C@H]1[C@@H](C(=O)O)[C@]1(C(=O)N(C(=O)OCc3ccc([N+](=O)[O-])cc3)c3ccc(C#CC4(O)CCCCCC4)cc31)[C@H]2c1ccc(O)cc1. The predicted octanol–water partition coefficient (Wildman–Crippen LogP) is 7.82. The van der Waals surface area contributed by atoms with Crippen LogP contribution in [-0.2, 0) is 35.9 Å². The number of fused-ring (bicyclic) bond motifs is 3. The molecule has 2 amide bonds. The summed E-state index contributed by atoms with van der Waals surface area (Å²) in [4.78, 5) is 72.7. The van der Waals surface area contributed by atoms with Gasteiger partial charge in [0.2, 0.25) is 5.91 Å². The lowest BCUT2D eigenvalue weighted by Crippen LogP contribution is -2.53. The molecule has 5 aromatic carbocycles. The number of cyclic esters (lactones) is 1. The van der Waals surface area contributed by atoms with Crippen LogP contribution >= 0.6 is 0 Å². The number of nitrogens with zero attached hydrogens (tertiary/aromatic N) is 3. The van der Waals surface area contributed by atoms with Gasteiger partial charge in [-0.3, -0.25) is 29.4 Å². The molecule has 3 heterocycles. The lowest BCUT2D eigenvalue weighted by Gasteiger charge is -2.46. The molecule has 4 aliphatic rings. The number of non-ortho nitro benzene ring substituents is 1. The molecule has 2 saturated heterocycles. The molecule has 64 heavy (non-hydrogen) atoms. The van der Waals surface area contributed by atoms with Gasteiger partial charge in [0, 0.05) is 17.7 Å². The Balaban J connectivity index is 1.27. The number of anilines is 1. The average molecular weight is 862 g/mol. The number of rotatable bonds is 7. The zero-order chi connectivity index (χ0) is 44.8. The second-order valence-electron chi connectivity index (χ2n) is 16.7. The van der Waals surface area contributed by atoms with Crippen molar-refractivity contribution in [1.82, 2.24) is 4.90 Å². The standard InChI is InChI=1S/C50H43N3O11/c54-37-22-18-35(19-23-37)44-50(40(45(55)56)42-46(57)64-43(34-13-7-4-8-14-34)41(52(42)44)33-11-5-3-6-12-33)38-29-31(25-28-49(60)26-9-1-2-10-27-49)17-24-39(38)51(47(50)58)48(59)63-30-32-15-20-36(21-16-32)53(61)62/h3-8,11-24,29,40-44,54,60H,1-2,9-10,26-27,30H2,(H,55,56)/t40-,41-,42-,43+,44+,50-/m0/s1. The van der Waals surface area contributed by atoms with Crippen molar-refractivity contribution >= 4 is 35.3 Å². The summed E-state index contributed by atoms with van der Waals surface area (Å²) in [6, 6.07) is 30.2. The highest BCUT2D eigenvalue weighted by Gasteiger charge is 2.76. The molecule has 0 aromatic heterocycles. The van der Waals surface area contributed by atoms with Gasteiger partial charge in [-0.1, -0.05) is 97.5 Å². The maximum absolute atomic E-state index is 16.0. The zero-order valence-corrected chi connectivity index (χ0v) is 34.4. The Morgan fingerprint density at radius 1 is 0.812 bits per heavy atom. The quantitative estimate of drug-likeness (QED) is 0.0472. The summed E-state index contributed by atoms with van der Waals surface area (Å²) in [6.07, 6.45) is 2.30. The second kappa shape index (κ2) is 16.7. The summed E-state index contributed by atoms with van der Waals surface area (Å²) >= 11 is 0. The first kappa shape index (κ1) is 42.0. The van der Waals surface area contributed by atoms with E-state index < -0.39 is 76.6 Å². The number of carboxylic acids is 1. The van der Waals surface area contributed by atoms with Crippen LogP contribution in [0.15, 0.2) is 127 Å². The number of carboxylic acid groups (broad SMARTS) is 1. The minimum Gasteiger partial charge on any atom is -0.508 e. The summed E-state index contributed by atoms with van der Waals surface area (Å²) in [6.45, 7) is -0.398. The van der Waals surface area contributed by atoms with Crippen LogP contribution < -0.4 is 4.90 Å². The summed E-state index contributed by atoms with van der Waals surface area (Å²) in [7, 11) is 0. The molecule has 0 bridgehead atoms. The highest BCUT2D eigenvalue weighted by atomic mass is 16.6. The van der Waals surface area contributed by atoms with E-state index in [1.165, 1.54) is 42.5 Å². The Hall–Kier alpha value is -7.34. The molecule has 3 N–H and O–H groups in total. The van der Waals surface area contributed by atoms with Gasteiger partial charge in [0.15, 0.2) is 0 Å². The number of ether oxygens (including phenoxy) is 2. The molecule has 1 aliphatic carbocycles. The number of phenolic OH excluding ortho intramolecular Hbond substituents is 1. The molecule has 1 spiro atoms. The van der Waals surface area contributed by atoms with Gasteiger partial charge in [-0.15, -0.1) is 0 Å². The smallest absolute Gasteiger partial charge is 0.421 e. The van der Waals surface area contributed by atoms with E-state index in [1.807, 2.05) is 36.4 Å². The van der Waals surface area contributed by atoms with Crippen molar-refractivity contribution in [2.45, 2.75) is 80.4 Å². The number of aliphatic hydroxyl groups is 1. The van der Waals surface area contributed by atoms with Gasteiger partial charge in [-0.2, -0.15) is 0 Å². The van der Waals surface area contributed by atoms with E-state index in [0.29, 0.717) is 40.7 Å². The number of hydrogen-bond acceptors (Lipinski definition) is 11. The number of carbonyl (C=O) groups is 4. The molecule has 9 rings (SSSR count). The fraction of sp³-hybridized carbons (Fsp3) is 0.280. The van der Waals surface area contributed by atoms with Crippen molar-refractivity contribution in [3.8, 4) is 17.6 Å². The minimum atomic E-state index is -2.26. The van der Waals surface area contributed by atoms with Crippen LogP contribution in [0.25, 0.3) is 0 Å². The molecule has 5 aromatic rings. The topological polar surface area (TPSA) is 197 Å². The number of esters is 1. The van der Waals surface area contributed by atoms with Crippen molar-refractivity contribution < 1.29 is 48.9 Å². The number of nitro benzene ring substituents is 1. The fourth-order valence-corrected chi connectivity index (χ4v) is 10.2. The van der Waals surface area contributed by atoms with E-state index >= 15 is 4.79 Å². The number of hydrogen-bond donors (Lipinski definition) is 3. The number of aliphatic carboxylic acids is 1. The second-order valence-corrected chi connectivity index (χ2v) is 16.7. The van der Waals surface area contributed by atoms with Gasteiger partial charge in [0.1, 0.15) is 41.4 Å². The third-order valence-corrected chi connectivity index (χ3v) is 13.0. The Bertz CT molecular complexity index is 2690. The summed E-state index contributed by atoms with van der Waals surface area (Å²) in [5, 5.41) is 45.0. The predicted molar refractivity (Wildman–Crippen MR) is 230 cm³/mol. The Morgan fingerprint density at radius 2 is 1.45 bits per heavy atom. The number of amides is 2. The van der Waals surface area contributed by atoms with Gasteiger partial charge >= 0.3 is 18.0 Å². The summed E-state index contributed by atoms with van der Waals surface area (Å²) < 4.78 is 12.0. The number of aromatic hydroxyl groups is 1. The Kier molecular flexibility index (Phi) is 11.0. The van der Waals surface area contributed by atoms with E-state index in [9.17, 15) is 39.8 Å². The molecule has 0 radical (unpaired) electrons. The van der Waals surface area contributed by atoms with Gasteiger partial charge in [0.25, 0.3) is 5.69 Å². The Labute approximate surface area is 367 Å². The molecule has 6 atom stereocenters. The lowest BCUT2D eigenvalue weighted by molar-refractivity contribution is -0.384. The first-order chi connectivity index (χ1) is 30.9. The number of morpholine rings is 1. The van der Waals surface area contributed by atoms with Crippen LogP contribution in [-0.4, -0.2) is 60.7 Å². The maximum Gasteiger partial charge on any atom is 0.421 e. The molecule has 1 saturated carbocycles. The third-order valence-electron chi connectivity index (χ3n) is 13.0. The van der Waals surface area contributed by atoms with Crippen LogP contribution in [0.4, 0.5) is 16.2 Å². The van der Waals surface area contributed by atoms with Crippen LogP contribution in [0.1, 0.15) is 90.1 Å². The van der Waals surface area contributed by atoms with Crippen LogP contribution in [0.5, 0.6) is 5.75 Å². The number of phenols is 1. The van der Waals surface area contributed by atoms with Crippen LogP contribution in [0, 0.1) is 27.9 Å². The first-order valence-corrected chi connectivity index (χ1v) is 21.2. The van der Waals surface area contributed by atoms with E-state index in [4.69, 9.17) is 9.47 Å². The highest BCUT2D eigenvalue weighted by Crippen LogP contribution is 2.66. The van der Waals surface area contributed by atoms with Crippen LogP contribution in [0.3, 0.4) is 0 Å². The molecule has 14 nitrogen and oxygen atoms in total. The molecule has 0 unspecified atom stereocenters. The van der Waals surface area contributed by atoms with Gasteiger partial charge in [-0.05, 0) is 96.0 Å². The average Bonchev–Trinajstić information content (AvgIpc) is 3.64. The highest BCUT2D eigenvalue weighted by molar-refractivity contribution is 6.23. The van der Waals surface area contributed by atoms with Crippen molar-refractivity contribution in [3.05, 3.63) is 171 Å². The largest absolute Gasteiger partial charge is 0.508 e. The number of imide groups is 1. The summed E-state index contributed by atoms with van der Waals surface area (Å²) in [5.41, 5.74) is -1.30. The number of benzene rings is 5. The molecule has 3 aliphatic heterocycles. The minimum absolute atomic E-state index is 0.00320. The third kappa shape index (κ3) is 7.22. The normalized spacial score (nSPS) is 24.7. The fourth-order valence-electron chi connectivity index (χ4n) is 10.2. The molecular formula is C50H43N3O11. The first-order valence-electron chi connectivity index (χ1n) is 21.2. The van der Waals surface area contributed by atoms with Crippen molar-refractivity contribution in [2.75, 3.05) is 4.90 Å². The Morgan fingerprint density at radius 3 is 2.08 bits per heavy atom. The van der Waals surface area contributed by atoms with E-state index in [1.54, 1.807) is 53.4 Å². The molecule has 3 fully saturated rings. The van der Waals surface area contributed by atoms with Crippen LogP contribution in [0.2, 0.25) is 0 Å². The van der Waals surface area contributed by atoms with Crippen molar-refractivity contribution in [2.24, 2.45) is 5.92 Å². The number of carbonyl (C=O) groups excluding carboxylic acids is 3. The maximum atomic E-state index is 16.0. The van der Waals surface area contributed by atoms with Gasteiger partial charge in [-0.25, -0.2) is 9.69 Å². The van der Waals surface area contributed by atoms with Crippen molar-refractivity contribution in [1.29, 1.82) is 0 Å². The van der Waals surface area contributed by atoms with Gasteiger partial charge in [0.05, 0.1) is 22.7 Å². The summed E-state index contributed by atoms with van der Waals surface area (Å²) in [5.74, 6) is 0.776. The monoisotopic (exact) mass is 861 g/mol. The van der Waals surface area contributed by atoms with E-state index in [-0.39, 0.29) is 22.7 Å². The molecular weight excluding hydrogens is 819 g/mol. The molecule has 14 heteroatoms.